The summed E-state index contributed by atoms with van der Waals surface area (Å²) in [6.07, 6.45) is 4.59. The molecule has 2 aliphatic rings. The molecule has 2 saturated carbocycles. The van der Waals surface area contributed by atoms with Crippen LogP contribution in [0.1, 0.15) is 49.4 Å². The molecule has 1 N–H and O–H groups in total. The topological polar surface area (TPSA) is 75.4 Å². The Labute approximate surface area is 181 Å². The van der Waals surface area contributed by atoms with Crippen LogP contribution in [0.5, 0.6) is 0 Å². The summed E-state index contributed by atoms with van der Waals surface area (Å²) in [7, 11) is 1.86. The minimum Gasteiger partial charge on any atom is -0.436 e. The highest BCUT2D eigenvalue weighted by molar-refractivity contribution is 5.94. The number of benzene rings is 2. The highest BCUT2D eigenvalue weighted by Crippen LogP contribution is 2.45. The van der Waals surface area contributed by atoms with Crippen molar-refractivity contribution in [1.29, 1.82) is 0 Å². The molecule has 5 rings (SSSR count). The number of carbonyl (C=O) groups is 2. The predicted octanol–water partition coefficient (Wildman–Crippen LogP) is 4.40. The average Bonchev–Trinajstić information content (AvgIpc) is 3.19. The van der Waals surface area contributed by atoms with Gasteiger partial charge in [-0.25, -0.2) is 4.98 Å². The Morgan fingerprint density at radius 2 is 1.84 bits per heavy atom. The molecule has 0 spiro atoms. The minimum atomic E-state index is -0.156. The molecule has 3 aromatic rings. The molecule has 0 radical (unpaired) electrons. The van der Waals surface area contributed by atoms with Crippen LogP contribution in [0, 0.1) is 5.41 Å². The first-order chi connectivity index (χ1) is 14.9. The first-order valence-corrected chi connectivity index (χ1v) is 11.0. The number of fused-ring (bicyclic) bond motifs is 1. The van der Waals surface area contributed by atoms with Gasteiger partial charge in [0.15, 0.2) is 5.58 Å². The van der Waals surface area contributed by atoms with E-state index in [-0.39, 0.29) is 29.3 Å². The summed E-state index contributed by atoms with van der Waals surface area (Å²) >= 11 is 0. The number of aromatic nitrogens is 1. The molecule has 2 amide bonds. The van der Waals surface area contributed by atoms with Crippen molar-refractivity contribution in [2.45, 2.75) is 51.1 Å². The molecule has 0 aliphatic heterocycles. The second-order valence-electron chi connectivity index (χ2n) is 9.18. The van der Waals surface area contributed by atoms with Gasteiger partial charge >= 0.3 is 0 Å². The molecule has 1 aromatic heterocycles. The lowest BCUT2D eigenvalue weighted by atomic mass is 10.1. The summed E-state index contributed by atoms with van der Waals surface area (Å²) in [4.78, 5) is 31.7. The van der Waals surface area contributed by atoms with Crippen LogP contribution in [-0.2, 0) is 4.79 Å². The van der Waals surface area contributed by atoms with E-state index in [1.165, 1.54) is 0 Å². The standard InChI is InChI=1S/C25H27N3O3/c1-25(13-14-25)24(30)26-18-11-12-19(15-18)28(2)23(29)17-9-7-16(8-10-17)22-27-20-5-3-4-6-21(20)31-22/h3-10,18-19H,11-15H2,1-2H3,(H,26,30)/t18-,19?/m0/s1. The maximum absolute atomic E-state index is 13.0. The van der Waals surface area contributed by atoms with Gasteiger partial charge in [-0.2, -0.15) is 0 Å². The Hall–Kier alpha value is -3.15. The van der Waals surface area contributed by atoms with Crippen LogP contribution in [0.15, 0.2) is 52.9 Å². The van der Waals surface area contributed by atoms with Gasteiger partial charge in [-0.1, -0.05) is 19.1 Å². The normalized spacial score (nSPS) is 21.7. The average molecular weight is 418 g/mol. The zero-order valence-electron chi connectivity index (χ0n) is 17.9. The maximum atomic E-state index is 13.0. The number of nitrogens with one attached hydrogen (secondary N) is 1. The lowest BCUT2D eigenvalue weighted by molar-refractivity contribution is -0.126. The second-order valence-corrected chi connectivity index (χ2v) is 9.18. The zero-order valence-corrected chi connectivity index (χ0v) is 17.9. The third kappa shape index (κ3) is 3.82. The van der Waals surface area contributed by atoms with Crippen molar-refractivity contribution < 1.29 is 14.0 Å². The minimum absolute atomic E-state index is 0.00440. The van der Waals surface area contributed by atoms with Crippen molar-refractivity contribution in [3.8, 4) is 11.5 Å². The SMILES string of the molecule is CN(C(=O)c1ccc(-c2nc3ccccc3o2)cc1)C1CC[C@H](NC(=O)C2(C)CC2)C1. The van der Waals surface area contributed by atoms with Gasteiger partial charge < -0.3 is 14.6 Å². The Kier molecular flexibility index (Phi) is 4.80. The van der Waals surface area contributed by atoms with Crippen LogP contribution >= 0.6 is 0 Å². The molecule has 6 heteroatoms. The fourth-order valence-electron chi connectivity index (χ4n) is 4.34. The lowest BCUT2D eigenvalue weighted by Gasteiger charge is -2.25. The van der Waals surface area contributed by atoms with Crippen LogP contribution in [0.2, 0.25) is 0 Å². The van der Waals surface area contributed by atoms with Gasteiger partial charge in [0.1, 0.15) is 5.52 Å². The monoisotopic (exact) mass is 417 g/mol. The molecule has 2 fully saturated rings. The van der Waals surface area contributed by atoms with Gasteiger partial charge in [-0.15, -0.1) is 0 Å². The van der Waals surface area contributed by atoms with E-state index in [4.69, 9.17) is 4.42 Å². The van der Waals surface area contributed by atoms with Crippen LogP contribution in [0.4, 0.5) is 0 Å². The summed E-state index contributed by atoms with van der Waals surface area (Å²) in [6.45, 7) is 2.02. The molecule has 2 aliphatic carbocycles. The molecule has 0 bridgehead atoms. The molecule has 160 valence electrons. The molecule has 1 heterocycles. The Morgan fingerprint density at radius 1 is 1.10 bits per heavy atom. The van der Waals surface area contributed by atoms with Crippen LogP contribution in [-0.4, -0.2) is 40.8 Å². The van der Waals surface area contributed by atoms with Crippen molar-refractivity contribution >= 4 is 22.9 Å². The van der Waals surface area contributed by atoms with E-state index in [9.17, 15) is 9.59 Å². The molecule has 0 saturated heterocycles. The number of amides is 2. The summed E-state index contributed by atoms with van der Waals surface area (Å²) in [5.74, 6) is 0.712. The van der Waals surface area contributed by atoms with Gasteiger partial charge in [0, 0.05) is 35.7 Å². The van der Waals surface area contributed by atoms with Gasteiger partial charge in [-0.3, -0.25) is 9.59 Å². The second kappa shape index (κ2) is 7.52. The quantitative estimate of drug-likeness (QED) is 0.667. The van der Waals surface area contributed by atoms with Crippen molar-refractivity contribution in [3.05, 3.63) is 54.1 Å². The summed E-state index contributed by atoms with van der Waals surface area (Å²) in [5.41, 5.74) is 2.89. The number of hydrogen-bond acceptors (Lipinski definition) is 4. The maximum Gasteiger partial charge on any atom is 0.253 e. The third-order valence-electron chi connectivity index (χ3n) is 6.83. The molecule has 31 heavy (non-hydrogen) atoms. The van der Waals surface area contributed by atoms with Gasteiger partial charge in [0.2, 0.25) is 11.8 Å². The van der Waals surface area contributed by atoms with Crippen molar-refractivity contribution in [2.75, 3.05) is 7.05 Å². The van der Waals surface area contributed by atoms with Crippen LogP contribution < -0.4 is 5.32 Å². The molecule has 6 nitrogen and oxygen atoms in total. The summed E-state index contributed by atoms with van der Waals surface area (Å²) in [6, 6.07) is 15.3. The van der Waals surface area contributed by atoms with Crippen molar-refractivity contribution in [1.82, 2.24) is 15.2 Å². The van der Waals surface area contributed by atoms with E-state index in [0.29, 0.717) is 11.5 Å². The predicted molar refractivity (Wildman–Crippen MR) is 118 cm³/mol. The molecule has 2 aromatic carbocycles. The Morgan fingerprint density at radius 3 is 2.55 bits per heavy atom. The largest absolute Gasteiger partial charge is 0.436 e. The number of nitrogens with zero attached hydrogens (tertiary/aromatic N) is 2. The van der Waals surface area contributed by atoms with E-state index >= 15 is 0 Å². The Balaban J connectivity index is 1.23. The summed E-state index contributed by atoms with van der Waals surface area (Å²) < 4.78 is 5.81. The number of para-hydroxylation sites is 2. The van der Waals surface area contributed by atoms with E-state index in [1.54, 1.807) is 0 Å². The van der Waals surface area contributed by atoms with E-state index in [1.807, 2.05) is 67.4 Å². The first-order valence-electron chi connectivity index (χ1n) is 11.0. The van der Waals surface area contributed by atoms with Crippen LogP contribution in [0.25, 0.3) is 22.6 Å². The number of rotatable bonds is 5. The first kappa shape index (κ1) is 19.8. The zero-order chi connectivity index (χ0) is 21.6. The fraction of sp³-hybridized carbons (Fsp3) is 0.400. The Bertz CT molecular complexity index is 1100. The lowest BCUT2D eigenvalue weighted by Crippen LogP contribution is -2.40. The van der Waals surface area contributed by atoms with E-state index < -0.39 is 0 Å². The smallest absolute Gasteiger partial charge is 0.253 e. The number of hydrogen-bond donors (Lipinski definition) is 1. The molecular formula is C25H27N3O3. The highest BCUT2D eigenvalue weighted by atomic mass is 16.3. The van der Waals surface area contributed by atoms with Gasteiger partial charge in [-0.05, 0) is 68.5 Å². The van der Waals surface area contributed by atoms with Gasteiger partial charge in [0.25, 0.3) is 5.91 Å². The molecular weight excluding hydrogens is 390 g/mol. The van der Waals surface area contributed by atoms with Crippen molar-refractivity contribution in [3.63, 3.8) is 0 Å². The van der Waals surface area contributed by atoms with Gasteiger partial charge in [0.05, 0.1) is 0 Å². The van der Waals surface area contributed by atoms with E-state index in [2.05, 4.69) is 10.3 Å². The highest BCUT2D eigenvalue weighted by Gasteiger charge is 2.46. The van der Waals surface area contributed by atoms with Crippen molar-refractivity contribution in [2.24, 2.45) is 5.41 Å². The molecule has 2 atom stereocenters. The van der Waals surface area contributed by atoms with Crippen LogP contribution in [0.3, 0.4) is 0 Å². The fourth-order valence-corrected chi connectivity index (χ4v) is 4.34. The number of carbonyl (C=O) groups excluding carboxylic acids is 2. The summed E-state index contributed by atoms with van der Waals surface area (Å²) in [5, 5.41) is 3.19. The third-order valence-corrected chi connectivity index (χ3v) is 6.83. The molecule has 1 unspecified atom stereocenters. The number of oxazole rings is 1. The van der Waals surface area contributed by atoms with E-state index in [0.717, 1.165) is 48.8 Å².